The van der Waals surface area contributed by atoms with Crippen molar-refractivity contribution in [3.05, 3.63) is 29.0 Å². The van der Waals surface area contributed by atoms with Crippen LogP contribution in [0.3, 0.4) is 0 Å². The highest BCUT2D eigenvalue weighted by Crippen LogP contribution is 2.27. The van der Waals surface area contributed by atoms with Gasteiger partial charge in [0.05, 0.1) is 17.0 Å². The van der Waals surface area contributed by atoms with Crippen LogP contribution in [0, 0.1) is 0 Å². The van der Waals surface area contributed by atoms with Gasteiger partial charge in [-0.25, -0.2) is 18.4 Å². The van der Waals surface area contributed by atoms with Gasteiger partial charge < -0.3 is 4.90 Å². The minimum atomic E-state index is -2.83. The maximum Gasteiger partial charge on any atom is 0.151 e. The third-order valence-corrected chi connectivity index (χ3v) is 7.16. The zero-order valence-corrected chi connectivity index (χ0v) is 15.6. The first-order valence-electron chi connectivity index (χ1n) is 8.11. The summed E-state index contributed by atoms with van der Waals surface area (Å²) in [4.78, 5) is 13.4. The summed E-state index contributed by atoms with van der Waals surface area (Å²) in [6.45, 7) is 3.46. The lowest BCUT2D eigenvalue weighted by atomic mass is 10.1. The van der Waals surface area contributed by atoms with Gasteiger partial charge in [0.15, 0.2) is 9.84 Å². The van der Waals surface area contributed by atoms with Crippen LogP contribution in [-0.4, -0.2) is 67.0 Å². The Morgan fingerprint density at radius 1 is 1.12 bits per heavy atom. The molecular weight excluding hydrogens is 392 g/mol. The molecule has 2 aliphatic rings. The highest BCUT2D eigenvalue weighted by atomic mass is 79.9. The summed E-state index contributed by atoms with van der Waals surface area (Å²) in [6, 6.07) is 6.22. The summed E-state index contributed by atoms with van der Waals surface area (Å²) in [7, 11) is -2.83. The SMILES string of the molecule is O=S1(=O)CCC(N2CCN(c3ncnc4ccc(Br)cc34)CC2)C1. The molecule has 0 saturated carbocycles. The van der Waals surface area contributed by atoms with E-state index in [2.05, 4.69) is 41.8 Å². The van der Waals surface area contributed by atoms with Crippen molar-refractivity contribution in [3.8, 4) is 0 Å². The van der Waals surface area contributed by atoms with Crippen LogP contribution in [0.5, 0.6) is 0 Å². The molecule has 1 aromatic carbocycles. The number of halogens is 1. The second-order valence-corrected chi connectivity index (χ2v) is 9.58. The van der Waals surface area contributed by atoms with E-state index in [0.717, 1.165) is 53.8 Å². The minimum Gasteiger partial charge on any atom is -0.353 e. The number of sulfone groups is 1. The van der Waals surface area contributed by atoms with E-state index < -0.39 is 9.84 Å². The standard InChI is InChI=1S/C16H19BrN4O2S/c17-12-1-2-15-14(9-12)16(19-11-18-15)21-6-4-20(5-7-21)13-3-8-24(22,23)10-13/h1-2,9,11,13H,3-8,10H2. The van der Waals surface area contributed by atoms with E-state index in [4.69, 9.17) is 0 Å². The van der Waals surface area contributed by atoms with E-state index in [1.807, 2.05) is 12.1 Å². The van der Waals surface area contributed by atoms with E-state index in [-0.39, 0.29) is 6.04 Å². The highest BCUT2D eigenvalue weighted by Gasteiger charge is 2.34. The Morgan fingerprint density at radius 2 is 1.92 bits per heavy atom. The number of hydrogen-bond donors (Lipinski definition) is 0. The summed E-state index contributed by atoms with van der Waals surface area (Å²) in [5, 5.41) is 1.05. The van der Waals surface area contributed by atoms with Crippen LogP contribution in [0.15, 0.2) is 29.0 Å². The molecule has 4 rings (SSSR count). The van der Waals surface area contributed by atoms with E-state index in [1.54, 1.807) is 6.33 Å². The number of benzene rings is 1. The Hall–Kier alpha value is -1.25. The summed E-state index contributed by atoms with van der Waals surface area (Å²) < 4.78 is 24.4. The van der Waals surface area contributed by atoms with Crippen LogP contribution < -0.4 is 4.90 Å². The van der Waals surface area contributed by atoms with Gasteiger partial charge in [-0.3, -0.25) is 4.90 Å². The Morgan fingerprint density at radius 3 is 2.62 bits per heavy atom. The van der Waals surface area contributed by atoms with Crippen LogP contribution in [0.25, 0.3) is 10.9 Å². The first kappa shape index (κ1) is 16.2. The maximum atomic E-state index is 11.7. The molecule has 2 aromatic rings. The van der Waals surface area contributed by atoms with Gasteiger partial charge in [0.2, 0.25) is 0 Å². The van der Waals surface area contributed by atoms with Gasteiger partial charge in [-0.1, -0.05) is 15.9 Å². The number of aromatic nitrogens is 2. The van der Waals surface area contributed by atoms with E-state index in [0.29, 0.717) is 11.5 Å². The second kappa shape index (κ2) is 6.24. The molecule has 24 heavy (non-hydrogen) atoms. The molecule has 0 spiro atoms. The Kier molecular flexibility index (Phi) is 4.22. The molecule has 0 aliphatic carbocycles. The normalized spacial score (nSPS) is 24.5. The molecule has 0 bridgehead atoms. The van der Waals surface area contributed by atoms with Crippen molar-refractivity contribution in [2.24, 2.45) is 0 Å². The number of fused-ring (bicyclic) bond motifs is 1. The smallest absolute Gasteiger partial charge is 0.151 e. The fourth-order valence-corrected chi connectivity index (χ4v) is 5.75. The van der Waals surface area contributed by atoms with Gasteiger partial charge in [-0.15, -0.1) is 0 Å². The lowest BCUT2D eigenvalue weighted by Crippen LogP contribution is -2.51. The van der Waals surface area contributed by atoms with Gasteiger partial charge in [-0.2, -0.15) is 0 Å². The van der Waals surface area contributed by atoms with Gasteiger partial charge in [0.25, 0.3) is 0 Å². The number of rotatable bonds is 2. The molecule has 2 aliphatic heterocycles. The number of piperazine rings is 1. The fraction of sp³-hybridized carbons (Fsp3) is 0.500. The number of anilines is 1. The van der Waals surface area contributed by atoms with Crippen molar-refractivity contribution in [2.45, 2.75) is 12.5 Å². The maximum absolute atomic E-state index is 11.7. The van der Waals surface area contributed by atoms with Crippen LogP contribution in [0.2, 0.25) is 0 Å². The lowest BCUT2D eigenvalue weighted by Gasteiger charge is -2.38. The highest BCUT2D eigenvalue weighted by molar-refractivity contribution is 9.10. The third-order valence-electron chi connectivity index (χ3n) is 4.91. The summed E-state index contributed by atoms with van der Waals surface area (Å²) in [5.41, 5.74) is 0.938. The van der Waals surface area contributed by atoms with Gasteiger partial charge >= 0.3 is 0 Å². The zero-order valence-electron chi connectivity index (χ0n) is 13.2. The molecule has 1 unspecified atom stereocenters. The average Bonchev–Trinajstić information content (AvgIpc) is 2.94. The lowest BCUT2D eigenvalue weighted by molar-refractivity contribution is 0.200. The molecular formula is C16H19BrN4O2S. The van der Waals surface area contributed by atoms with E-state index in [9.17, 15) is 8.42 Å². The first-order chi connectivity index (χ1) is 11.5. The van der Waals surface area contributed by atoms with Crippen LogP contribution >= 0.6 is 15.9 Å². The van der Waals surface area contributed by atoms with Crippen LogP contribution in [0.4, 0.5) is 5.82 Å². The quantitative estimate of drug-likeness (QED) is 0.750. The van der Waals surface area contributed by atoms with Crippen molar-refractivity contribution in [1.29, 1.82) is 0 Å². The molecule has 2 saturated heterocycles. The Bertz CT molecular complexity index is 866. The predicted molar refractivity (Wildman–Crippen MR) is 98.1 cm³/mol. The largest absolute Gasteiger partial charge is 0.353 e. The minimum absolute atomic E-state index is 0.188. The Balaban J connectivity index is 1.51. The van der Waals surface area contributed by atoms with Crippen LogP contribution in [0.1, 0.15) is 6.42 Å². The first-order valence-corrected chi connectivity index (χ1v) is 10.7. The topological polar surface area (TPSA) is 66.4 Å². The van der Waals surface area contributed by atoms with Crippen molar-refractivity contribution in [3.63, 3.8) is 0 Å². The van der Waals surface area contributed by atoms with Gasteiger partial charge in [0.1, 0.15) is 12.1 Å². The summed E-state index contributed by atoms with van der Waals surface area (Å²) >= 11 is 3.52. The molecule has 0 amide bonds. The van der Waals surface area contributed by atoms with Crippen molar-refractivity contribution >= 4 is 42.5 Å². The molecule has 8 heteroatoms. The molecule has 6 nitrogen and oxygen atoms in total. The fourth-order valence-electron chi connectivity index (χ4n) is 3.63. The molecule has 3 heterocycles. The Labute approximate surface area is 149 Å². The number of nitrogens with zero attached hydrogens (tertiary/aromatic N) is 4. The van der Waals surface area contributed by atoms with Gasteiger partial charge in [-0.05, 0) is 24.6 Å². The van der Waals surface area contributed by atoms with E-state index in [1.165, 1.54) is 0 Å². The van der Waals surface area contributed by atoms with E-state index >= 15 is 0 Å². The molecule has 0 radical (unpaired) electrons. The molecule has 2 fully saturated rings. The zero-order chi connectivity index (χ0) is 16.7. The summed E-state index contributed by atoms with van der Waals surface area (Å²) in [6.07, 6.45) is 2.38. The number of hydrogen-bond acceptors (Lipinski definition) is 6. The third kappa shape index (κ3) is 3.14. The average molecular weight is 411 g/mol. The monoisotopic (exact) mass is 410 g/mol. The van der Waals surface area contributed by atoms with Crippen LogP contribution in [-0.2, 0) is 9.84 Å². The van der Waals surface area contributed by atoms with Crippen molar-refractivity contribution in [2.75, 3.05) is 42.6 Å². The van der Waals surface area contributed by atoms with Crippen molar-refractivity contribution < 1.29 is 8.42 Å². The second-order valence-electron chi connectivity index (χ2n) is 6.44. The predicted octanol–water partition coefficient (Wildman–Crippen LogP) is 1.70. The van der Waals surface area contributed by atoms with Gasteiger partial charge in [0, 0.05) is 42.1 Å². The summed E-state index contributed by atoms with van der Waals surface area (Å²) in [5.74, 6) is 1.61. The molecule has 1 aromatic heterocycles. The molecule has 1 atom stereocenters. The molecule has 0 N–H and O–H groups in total. The molecule has 128 valence electrons. The van der Waals surface area contributed by atoms with Crippen molar-refractivity contribution in [1.82, 2.24) is 14.9 Å².